The van der Waals surface area contributed by atoms with Gasteiger partial charge in [-0.3, -0.25) is 4.79 Å². The lowest BCUT2D eigenvalue weighted by molar-refractivity contribution is -0.123. The van der Waals surface area contributed by atoms with E-state index in [1.165, 1.54) is 0 Å². The lowest BCUT2D eigenvalue weighted by atomic mass is 9.98. The normalized spacial score (nSPS) is 16.5. The van der Waals surface area contributed by atoms with Gasteiger partial charge in [0.15, 0.2) is 0 Å². The lowest BCUT2D eigenvalue weighted by Crippen LogP contribution is -2.44. The second-order valence-electron chi connectivity index (χ2n) is 5.00. The number of amides is 1. The maximum Gasteiger partial charge on any atom is 0.220 e. The molecule has 104 valence electrons. The Kier molecular flexibility index (Phi) is 4.80. The van der Waals surface area contributed by atoms with Crippen LogP contribution in [0.2, 0.25) is 0 Å². The summed E-state index contributed by atoms with van der Waals surface area (Å²) in [4.78, 5) is 12.0. The Hall–Kier alpha value is -1.55. The van der Waals surface area contributed by atoms with E-state index in [-0.39, 0.29) is 11.9 Å². The molecule has 2 rings (SSSR count). The molecule has 0 spiro atoms. The summed E-state index contributed by atoms with van der Waals surface area (Å²) in [5.74, 6) is 1.46. The maximum absolute atomic E-state index is 12.0. The molecule has 0 aromatic heterocycles. The molecule has 0 saturated carbocycles. The van der Waals surface area contributed by atoms with Crippen molar-refractivity contribution in [2.75, 3.05) is 20.2 Å². The third kappa shape index (κ3) is 3.47. The van der Waals surface area contributed by atoms with E-state index in [0.29, 0.717) is 12.3 Å². The minimum absolute atomic E-state index is 0.0247. The van der Waals surface area contributed by atoms with Crippen molar-refractivity contribution in [1.82, 2.24) is 10.6 Å². The summed E-state index contributed by atoms with van der Waals surface area (Å²) in [6, 6.07) is 7.88. The van der Waals surface area contributed by atoms with Crippen LogP contribution in [0.15, 0.2) is 24.3 Å². The first-order chi connectivity index (χ1) is 9.24. The van der Waals surface area contributed by atoms with Crippen molar-refractivity contribution in [3.05, 3.63) is 29.8 Å². The first-order valence-electron chi connectivity index (χ1n) is 6.87. The molecule has 0 radical (unpaired) electrons. The monoisotopic (exact) mass is 262 g/mol. The van der Waals surface area contributed by atoms with Crippen molar-refractivity contribution >= 4 is 5.91 Å². The van der Waals surface area contributed by atoms with Crippen LogP contribution in [0.1, 0.15) is 31.4 Å². The summed E-state index contributed by atoms with van der Waals surface area (Å²) in [5.41, 5.74) is 1.05. The number of hydrogen-bond donors (Lipinski definition) is 2. The molecule has 19 heavy (non-hydrogen) atoms. The topological polar surface area (TPSA) is 50.4 Å². The molecule has 1 aromatic rings. The standard InChI is InChI=1S/C15H22N2O2/c1-3-13(12-6-4-5-7-14(12)19-2)17-15(18)8-11-9-16-10-11/h4-7,11,13,16H,3,8-10H2,1-2H3,(H,17,18). The number of para-hydroxylation sites is 1. The van der Waals surface area contributed by atoms with E-state index in [0.717, 1.165) is 30.8 Å². The van der Waals surface area contributed by atoms with Crippen molar-refractivity contribution < 1.29 is 9.53 Å². The average molecular weight is 262 g/mol. The first kappa shape index (κ1) is 13.9. The molecule has 0 bridgehead atoms. The number of ether oxygens (including phenoxy) is 1. The van der Waals surface area contributed by atoms with Crippen LogP contribution >= 0.6 is 0 Å². The quantitative estimate of drug-likeness (QED) is 0.823. The van der Waals surface area contributed by atoms with Gasteiger partial charge in [-0.2, -0.15) is 0 Å². The third-order valence-electron chi connectivity index (χ3n) is 3.60. The second-order valence-corrected chi connectivity index (χ2v) is 5.00. The Morgan fingerprint density at radius 3 is 2.79 bits per heavy atom. The Bertz CT molecular complexity index is 430. The fourth-order valence-corrected chi connectivity index (χ4v) is 2.36. The predicted molar refractivity (Wildman–Crippen MR) is 75.1 cm³/mol. The van der Waals surface area contributed by atoms with Crippen molar-refractivity contribution in [2.45, 2.75) is 25.8 Å². The summed E-state index contributed by atoms with van der Waals surface area (Å²) < 4.78 is 5.36. The van der Waals surface area contributed by atoms with Gasteiger partial charge in [-0.1, -0.05) is 25.1 Å². The molecule has 1 aliphatic rings. The molecule has 2 N–H and O–H groups in total. The molecular weight excluding hydrogens is 240 g/mol. The number of methoxy groups -OCH3 is 1. The summed E-state index contributed by atoms with van der Waals surface area (Å²) >= 11 is 0. The van der Waals surface area contributed by atoms with Gasteiger partial charge in [-0.15, -0.1) is 0 Å². The lowest BCUT2D eigenvalue weighted by Gasteiger charge is -2.27. The van der Waals surface area contributed by atoms with Gasteiger partial charge >= 0.3 is 0 Å². The second kappa shape index (κ2) is 6.57. The molecule has 1 atom stereocenters. The molecule has 0 aliphatic carbocycles. The molecule has 1 aromatic carbocycles. The van der Waals surface area contributed by atoms with Crippen LogP contribution in [-0.2, 0) is 4.79 Å². The number of nitrogens with one attached hydrogen (secondary N) is 2. The highest BCUT2D eigenvalue weighted by molar-refractivity contribution is 5.77. The SMILES string of the molecule is CCC(NC(=O)CC1CNC1)c1ccccc1OC. The van der Waals surface area contributed by atoms with Gasteiger partial charge in [0, 0.05) is 12.0 Å². The van der Waals surface area contributed by atoms with Crippen LogP contribution in [0.5, 0.6) is 5.75 Å². The summed E-state index contributed by atoms with van der Waals surface area (Å²) in [7, 11) is 1.66. The third-order valence-corrected chi connectivity index (χ3v) is 3.60. The van der Waals surface area contributed by atoms with Crippen LogP contribution in [0.25, 0.3) is 0 Å². The molecule has 1 aliphatic heterocycles. The van der Waals surface area contributed by atoms with E-state index in [1.54, 1.807) is 7.11 Å². The average Bonchev–Trinajstić information content (AvgIpc) is 2.40. The molecule has 1 unspecified atom stereocenters. The Morgan fingerprint density at radius 2 is 2.21 bits per heavy atom. The minimum Gasteiger partial charge on any atom is -0.496 e. The highest BCUT2D eigenvalue weighted by Gasteiger charge is 2.22. The zero-order valence-electron chi connectivity index (χ0n) is 11.6. The van der Waals surface area contributed by atoms with Crippen molar-refractivity contribution in [3.8, 4) is 5.75 Å². The van der Waals surface area contributed by atoms with Crippen LogP contribution in [-0.4, -0.2) is 26.1 Å². The fourth-order valence-electron chi connectivity index (χ4n) is 2.36. The molecule has 1 amide bonds. The highest BCUT2D eigenvalue weighted by atomic mass is 16.5. The molecule has 4 nitrogen and oxygen atoms in total. The van der Waals surface area contributed by atoms with Crippen molar-refractivity contribution in [2.24, 2.45) is 5.92 Å². The molecule has 1 fully saturated rings. The first-order valence-corrected chi connectivity index (χ1v) is 6.87. The number of carbonyl (C=O) groups is 1. The van der Waals surface area contributed by atoms with Crippen LogP contribution < -0.4 is 15.4 Å². The van der Waals surface area contributed by atoms with E-state index in [1.807, 2.05) is 24.3 Å². The maximum atomic E-state index is 12.0. The van der Waals surface area contributed by atoms with Gasteiger partial charge in [0.1, 0.15) is 5.75 Å². The number of carbonyl (C=O) groups excluding carboxylic acids is 1. The van der Waals surface area contributed by atoms with Crippen LogP contribution in [0.4, 0.5) is 0 Å². The number of benzene rings is 1. The van der Waals surface area contributed by atoms with Gasteiger partial charge in [-0.05, 0) is 31.5 Å². The van der Waals surface area contributed by atoms with E-state index in [4.69, 9.17) is 4.74 Å². The number of rotatable bonds is 6. The largest absolute Gasteiger partial charge is 0.496 e. The Morgan fingerprint density at radius 1 is 1.47 bits per heavy atom. The Balaban J connectivity index is 2.00. The summed E-state index contributed by atoms with van der Waals surface area (Å²) in [6.07, 6.45) is 1.47. The molecular formula is C15H22N2O2. The Labute approximate surface area is 114 Å². The van der Waals surface area contributed by atoms with Crippen molar-refractivity contribution in [1.29, 1.82) is 0 Å². The molecule has 1 saturated heterocycles. The summed E-state index contributed by atoms with van der Waals surface area (Å²) in [6.45, 7) is 3.99. The van der Waals surface area contributed by atoms with E-state index < -0.39 is 0 Å². The summed E-state index contributed by atoms with van der Waals surface area (Å²) in [5, 5.41) is 6.29. The zero-order valence-corrected chi connectivity index (χ0v) is 11.6. The van der Waals surface area contributed by atoms with Crippen LogP contribution in [0, 0.1) is 5.92 Å². The minimum atomic E-state index is 0.0247. The van der Waals surface area contributed by atoms with Gasteiger partial charge < -0.3 is 15.4 Å². The smallest absolute Gasteiger partial charge is 0.220 e. The van der Waals surface area contributed by atoms with Crippen LogP contribution in [0.3, 0.4) is 0 Å². The zero-order chi connectivity index (χ0) is 13.7. The van der Waals surface area contributed by atoms with Crippen molar-refractivity contribution in [3.63, 3.8) is 0 Å². The molecule has 4 heteroatoms. The fraction of sp³-hybridized carbons (Fsp3) is 0.533. The van der Waals surface area contributed by atoms with Gasteiger partial charge in [0.05, 0.1) is 13.2 Å². The van der Waals surface area contributed by atoms with E-state index in [9.17, 15) is 4.79 Å². The van der Waals surface area contributed by atoms with Gasteiger partial charge in [0.2, 0.25) is 5.91 Å². The van der Waals surface area contributed by atoms with E-state index >= 15 is 0 Å². The predicted octanol–water partition coefficient (Wildman–Crippen LogP) is 1.87. The number of hydrogen-bond acceptors (Lipinski definition) is 3. The molecule has 1 heterocycles. The highest BCUT2D eigenvalue weighted by Crippen LogP contribution is 2.27. The van der Waals surface area contributed by atoms with Gasteiger partial charge in [-0.25, -0.2) is 0 Å². The van der Waals surface area contributed by atoms with Gasteiger partial charge in [0.25, 0.3) is 0 Å². The van der Waals surface area contributed by atoms with E-state index in [2.05, 4.69) is 17.6 Å².